The van der Waals surface area contributed by atoms with Gasteiger partial charge in [0.25, 0.3) is 5.91 Å². The summed E-state index contributed by atoms with van der Waals surface area (Å²) in [5.41, 5.74) is 3.81. The van der Waals surface area contributed by atoms with Gasteiger partial charge in [0.15, 0.2) is 0 Å². The van der Waals surface area contributed by atoms with Crippen LogP contribution in [0.25, 0.3) is 22.0 Å². The molecule has 0 fully saturated rings. The molecule has 38 heavy (non-hydrogen) atoms. The van der Waals surface area contributed by atoms with E-state index in [9.17, 15) is 13.2 Å². The lowest BCUT2D eigenvalue weighted by Gasteiger charge is -2.16. The van der Waals surface area contributed by atoms with Gasteiger partial charge in [-0.1, -0.05) is 47.7 Å². The minimum atomic E-state index is -3.52. The second-order valence-electron chi connectivity index (χ2n) is 8.87. The van der Waals surface area contributed by atoms with Gasteiger partial charge in [-0.15, -0.1) is 5.10 Å². The molecular weight excluding hydrogens is 500 g/mol. The van der Waals surface area contributed by atoms with E-state index in [1.54, 1.807) is 29.1 Å². The Morgan fingerprint density at radius 2 is 1.79 bits per heavy atom. The Morgan fingerprint density at radius 1 is 1.00 bits per heavy atom. The molecule has 0 aliphatic rings. The number of aromatic nitrogens is 4. The van der Waals surface area contributed by atoms with Crippen molar-refractivity contribution in [2.45, 2.75) is 24.4 Å². The molecule has 1 unspecified atom stereocenters. The number of rotatable bonds is 8. The average Bonchev–Trinajstić information content (AvgIpc) is 3.41. The number of hydrogen-bond acceptors (Lipinski definition) is 6. The number of sulfonamides is 1. The Hall–Kier alpha value is -4.41. The fraction of sp³-hybridized carbons (Fsp3) is 0.143. The number of nitrogens with one attached hydrogen (secondary N) is 2. The molecule has 0 radical (unpaired) electrons. The van der Waals surface area contributed by atoms with Crippen LogP contribution >= 0.6 is 0 Å². The predicted octanol–water partition coefficient (Wildman–Crippen LogP) is 3.94. The Morgan fingerprint density at radius 3 is 2.58 bits per heavy atom. The van der Waals surface area contributed by atoms with Crippen LogP contribution in [-0.2, 0) is 16.6 Å². The maximum atomic E-state index is 13.2. The van der Waals surface area contributed by atoms with E-state index in [2.05, 4.69) is 31.4 Å². The molecule has 10 heteroatoms. The Kier molecular flexibility index (Phi) is 6.99. The van der Waals surface area contributed by atoms with Gasteiger partial charge in [0.05, 0.1) is 23.7 Å². The molecule has 5 rings (SSSR count). The minimum absolute atomic E-state index is 0.167. The highest BCUT2D eigenvalue weighted by Crippen LogP contribution is 2.23. The number of pyridine rings is 1. The molecular formula is C28H26N6O3S. The van der Waals surface area contributed by atoms with Crippen LogP contribution in [0.1, 0.15) is 34.5 Å². The molecule has 1 atom stereocenters. The van der Waals surface area contributed by atoms with E-state index in [1.165, 1.54) is 19.2 Å². The Balaban J connectivity index is 1.31. The van der Waals surface area contributed by atoms with Crippen LogP contribution in [0.5, 0.6) is 0 Å². The fourth-order valence-electron chi connectivity index (χ4n) is 4.22. The summed E-state index contributed by atoms with van der Waals surface area (Å²) < 4.78 is 27.9. The maximum absolute atomic E-state index is 13.2. The van der Waals surface area contributed by atoms with Crippen LogP contribution < -0.4 is 10.0 Å². The summed E-state index contributed by atoms with van der Waals surface area (Å²) in [6, 6.07) is 21.5. The van der Waals surface area contributed by atoms with Crippen LogP contribution in [-0.4, -0.2) is 41.4 Å². The molecule has 1 amide bonds. The summed E-state index contributed by atoms with van der Waals surface area (Å²) in [4.78, 5) is 17.5. The van der Waals surface area contributed by atoms with E-state index in [4.69, 9.17) is 0 Å². The lowest BCUT2D eigenvalue weighted by atomic mass is 10.0. The second kappa shape index (κ2) is 10.5. The first-order chi connectivity index (χ1) is 18.3. The average molecular weight is 527 g/mol. The van der Waals surface area contributed by atoms with Gasteiger partial charge in [-0.25, -0.2) is 17.8 Å². The van der Waals surface area contributed by atoms with Crippen molar-refractivity contribution in [1.82, 2.24) is 30.0 Å². The number of amides is 1. The molecule has 0 spiro atoms. The molecule has 2 aromatic heterocycles. The first-order valence-electron chi connectivity index (χ1n) is 12.0. The first-order valence-corrected chi connectivity index (χ1v) is 13.5. The van der Waals surface area contributed by atoms with Crippen LogP contribution in [0.3, 0.4) is 0 Å². The highest BCUT2D eigenvalue weighted by molar-refractivity contribution is 7.89. The third kappa shape index (κ3) is 5.31. The molecule has 5 aromatic rings. The van der Waals surface area contributed by atoms with Crippen molar-refractivity contribution in [3.63, 3.8) is 0 Å². The van der Waals surface area contributed by atoms with Crippen LogP contribution in [0.4, 0.5) is 0 Å². The van der Waals surface area contributed by atoms with Crippen LogP contribution in [0.15, 0.2) is 96.3 Å². The van der Waals surface area contributed by atoms with E-state index in [0.29, 0.717) is 12.1 Å². The highest BCUT2D eigenvalue weighted by Gasteiger charge is 2.17. The zero-order valence-corrected chi connectivity index (χ0v) is 21.7. The predicted molar refractivity (Wildman–Crippen MR) is 145 cm³/mol. The molecule has 2 heterocycles. The second-order valence-corrected chi connectivity index (χ2v) is 10.8. The maximum Gasteiger partial charge on any atom is 0.252 e. The largest absolute Gasteiger partial charge is 0.346 e. The van der Waals surface area contributed by atoms with Gasteiger partial charge < -0.3 is 5.32 Å². The van der Waals surface area contributed by atoms with Crippen molar-refractivity contribution in [1.29, 1.82) is 0 Å². The molecule has 192 valence electrons. The zero-order chi connectivity index (χ0) is 26.7. The van der Waals surface area contributed by atoms with Crippen molar-refractivity contribution in [3.8, 4) is 11.3 Å². The smallest absolute Gasteiger partial charge is 0.252 e. The molecule has 9 nitrogen and oxygen atoms in total. The SMILES string of the molecule is CNS(=O)(=O)c1ccc(C(C)NC(=O)c2ccccc2Cn2cc(-c3ccc4cnccc4c3)nn2)cc1. The number of nitrogens with zero attached hydrogens (tertiary/aromatic N) is 4. The van der Waals surface area contributed by atoms with Crippen molar-refractivity contribution in [2.24, 2.45) is 0 Å². The third-order valence-corrected chi connectivity index (χ3v) is 7.81. The molecule has 2 N–H and O–H groups in total. The first kappa shape index (κ1) is 25.2. The topological polar surface area (TPSA) is 119 Å². The summed E-state index contributed by atoms with van der Waals surface area (Å²) in [5, 5.41) is 13.7. The van der Waals surface area contributed by atoms with Gasteiger partial charge in [0, 0.05) is 28.9 Å². The third-order valence-electron chi connectivity index (χ3n) is 6.38. The number of carbonyl (C=O) groups is 1. The van der Waals surface area contributed by atoms with Gasteiger partial charge in [-0.2, -0.15) is 0 Å². The number of hydrogen-bond donors (Lipinski definition) is 2. The molecule has 0 bridgehead atoms. The van der Waals surface area contributed by atoms with Gasteiger partial charge in [0.2, 0.25) is 10.0 Å². The normalized spacial score (nSPS) is 12.4. The van der Waals surface area contributed by atoms with E-state index in [-0.39, 0.29) is 16.8 Å². The summed E-state index contributed by atoms with van der Waals surface area (Å²) in [7, 11) is -2.16. The van der Waals surface area contributed by atoms with Crippen molar-refractivity contribution >= 4 is 26.7 Å². The molecule has 0 saturated heterocycles. The van der Waals surface area contributed by atoms with Gasteiger partial charge in [0.1, 0.15) is 5.69 Å². The molecule has 3 aromatic carbocycles. The Bertz CT molecular complexity index is 1710. The fourth-order valence-corrected chi connectivity index (χ4v) is 4.95. The van der Waals surface area contributed by atoms with E-state index in [1.807, 2.05) is 55.7 Å². The summed E-state index contributed by atoms with van der Waals surface area (Å²) in [5.74, 6) is -0.233. The summed E-state index contributed by atoms with van der Waals surface area (Å²) >= 11 is 0. The van der Waals surface area contributed by atoms with E-state index < -0.39 is 10.0 Å². The van der Waals surface area contributed by atoms with Crippen molar-refractivity contribution in [2.75, 3.05) is 7.05 Å². The van der Waals surface area contributed by atoms with Gasteiger partial charge in [-0.3, -0.25) is 9.78 Å². The monoisotopic (exact) mass is 526 g/mol. The molecule has 0 aliphatic heterocycles. The summed E-state index contributed by atoms with van der Waals surface area (Å²) in [6.07, 6.45) is 5.44. The lowest BCUT2D eigenvalue weighted by molar-refractivity contribution is 0.0938. The van der Waals surface area contributed by atoms with Crippen molar-refractivity contribution < 1.29 is 13.2 Å². The van der Waals surface area contributed by atoms with Crippen molar-refractivity contribution in [3.05, 3.63) is 108 Å². The highest BCUT2D eigenvalue weighted by atomic mass is 32.2. The molecule has 0 saturated carbocycles. The van der Waals surface area contributed by atoms with E-state index >= 15 is 0 Å². The number of benzene rings is 3. The number of carbonyl (C=O) groups excluding carboxylic acids is 1. The minimum Gasteiger partial charge on any atom is -0.346 e. The van der Waals surface area contributed by atoms with Crippen LogP contribution in [0.2, 0.25) is 0 Å². The van der Waals surface area contributed by atoms with E-state index in [0.717, 1.165) is 33.2 Å². The zero-order valence-electron chi connectivity index (χ0n) is 20.9. The number of fused-ring (bicyclic) bond motifs is 1. The quantitative estimate of drug-likeness (QED) is 0.316. The van der Waals surface area contributed by atoms with Crippen LogP contribution in [0, 0.1) is 0 Å². The standard InChI is InChI=1S/C28H26N6O3S/c1-19(20-9-11-25(12-10-20)38(36,37)29-2)31-28(35)26-6-4-3-5-24(26)17-34-18-27(32-33-34)22-7-8-23-16-30-14-13-21(23)15-22/h3-16,18-19,29H,17H2,1-2H3,(H,31,35). The van der Waals surface area contributed by atoms with Gasteiger partial charge >= 0.3 is 0 Å². The Labute approximate surface area is 220 Å². The summed E-state index contributed by atoms with van der Waals surface area (Å²) in [6.45, 7) is 2.23. The lowest BCUT2D eigenvalue weighted by Crippen LogP contribution is -2.28. The van der Waals surface area contributed by atoms with Gasteiger partial charge in [-0.05, 0) is 60.8 Å². The molecule has 0 aliphatic carbocycles.